The van der Waals surface area contributed by atoms with Crippen molar-refractivity contribution in [2.45, 2.75) is 58.2 Å². The maximum atomic E-state index is 13.6. The number of aryl methyl sites for hydroxylation is 1. The van der Waals surface area contributed by atoms with E-state index in [9.17, 15) is 29.1 Å². The number of methoxy groups -OCH3 is 1. The molecule has 12 heteroatoms. The van der Waals surface area contributed by atoms with Crippen LogP contribution in [-0.4, -0.2) is 78.2 Å². The number of nitrogens with one attached hydrogen (secondary N) is 2. The van der Waals surface area contributed by atoms with Gasteiger partial charge in [-0.3, -0.25) is 19.2 Å². The lowest BCUT2D eigenvalue weighted by atomic mass is 10.00. The number of aliphatic hydroxyl groups excluding tert-OH is 1. The molecule has 1 aromatic rings. The van der Waals surface area contributed by atoms with Gasteiger partial charge in [-0.05, 0) is 38.3 Å². The summed E-state index contributed by atoms with van der Waals surface area (Å²) in [5.41, 5.74) is 5.78. The van der Waals surface area contributed by atoms with E-state index < -0.39 is 67.0 Å². The third-order valence-corrected chi connectivity index (χ3v) is 4.92. The number of amides is 4. The Labute approximate surface area is 210 Å². The maximum Gasteiger partial charge on any atom is 0.408 e. The topological polar surface area (TPSA) is 177 Å². The highest BCUT2D eigenvalue weighted by Gasteiger charge is 2.36. The van der Waals surface area contributed by atoms with E-state index in [1.165, 1.54) is 0 Å². The van der Waals surface area contributed by atoms with Crippen LogP contribution in [0.3, 0.4) is 0 Å². The first-order chi connectivity index (χ1) is 16.8. The zero-order chi connectivity index (χ0) is 27.5. The molecule has 2 atom stereocenters. The van der Waals surface area contributed by atoms with Crippen LogP contribution in [-0.2, 0) is 35.1 Å². The summed E-state index contributed by atoms with van der Waals surface area (Å²) in [6.45, 7) is 5.51. The molecule has 2 unspecified atom stereocenters. The van der Waals surface area contributed by atoms with Crippen LogP contribution in [0.5, 0.6) is 0 Å². The predicted octanol–water partition coefficient (Wildman–Crippen LogP) is 0.169. The molecule has 0 heterocycles. The Morgan fingerprint density at radius 2 is 1.72 bits per heavy atom. The summed E-state index contributed by atoms with van der Waals surface area (Å²) in [6, 6.07) is 4.05. The number of alkyl carbamates (subject to hydrolysis) is 1. The van der Waals surface area contributed by atoms with E-state index in [2.05, 4.69) is 15.4 Å². The summed E-state index contributed by atoms with van der Waals surface area (Å²) >= 11 is 0. The second-order valence-electron chi connectivity index (χ2n) is 8.92. The number of esters is 1. The standard InChI is InChI=1S/C24H36N4O8/c1-6-15-7-9-16(10-8-15)20(21(32)26-14-19(31)35-5)28(11-12-29)22(33)17(13-18(25)30)27-23(34)36-24(2,3)4/h7-10,17,20,29H,6,11-14H2,1-5H3,(H2,25,30)(H,26,32)(H,27,34). The van der Waals surface area contributed by atoms with Gasteiger partial charge in [0.1, 0.15) is 24.2 Å². The van der Waals surface area contributed by atoms with Crippen molar-refractivity contribution in [1.82, 2.24) is 15.5 Å². The molecule has 5 N–H and O–H groups in total. The summed E-state index contributed by atoms with van der Waals surface area (Å²) in [5, 5.41) is 14.4. The minimum atomic E-state index is -1.48. The van der Waals surface area contributed by atoms with Gasteiger partial charge in [-0.25, -0.2) is 4.79 Å². The summed E-state index contributed by atoms with van der Waals surface area (Å²) in [5.74, 6) is -3.18. The lowest BCUT2D eigenvalue weighted by molar-refractivity contribution is -0.145. The smallest absolute Gasteiger partial charge is 0.408 e. The molecule has 0 radical (unpaired) electrons. The molecule has 200 valence electrons. The quantitative estimate of drug-likeness (QED) is 0.289. The summed E-state index contributed by atoms with van der Waals surface area (Å²) in [7, 11) is 1.16. The van der Waals surface area contributed by atoms with Crippen molar-refractivity contribution in [2.75, 3.05) is 26.8 Å². The number of hydrogen-bond donors (Lipinski definition) is 4. The molecule has 12 nitrogen and oxygen atoms in total. The molecule has 0 fully saturated rings. The minimum Gasteiger partial charge on any atom is -0.468 e. The Morgan fingerprint density at radius 3 is 2.19 bits per heavy atom. The van der Waals surface area contributed by atoms with Crippen molar-refractivity contribution >= 4 is 29.8 Å². The van der Waals surface area contributed by atoms with E-state index in [1.54, 1.807) is 45.0 Å². The largest absolute Gasteiger partial charge is 0.468 e. The average Bonchev–Trinajstić information content (AvgIpc) is 2.80. The van der Waals surface area contributed by atoms with E-state index in [0.717, 1.165) is 24.0 Å². The molecule has 36 heavy (non-hydrogen) atoms. The molecule has 1 aromatic carbocycles. The molecule has 0 aliphatic carbocycles. The van der Waals surface area contributed by atoms with Crippen molar-refractivity contribution in [1.29, 1.82) is 0 Å². The lowest BCUT2D eigenvalue weighted by Gasteiger charge is -2.34. The van der Waals surface area contributed by atoms with E-state index >= 15 is 0 Å². The summed E-state index contributed by atoms with van der Waals surface area (Å²) in [4.78, 5) is 63.4. The highest BCUT2D eigenvalue weighted by Crippen LogP contribution is 2.24. The van der Waals surface area contributed by atoms with Crippen LogP contribution in [0.4, 0.5) is 4.79 Å². The number of nitrogens with two attached hydrogens (primary N) is 1. The fourth-order valence-corrected chi connectivity index (χ4v) is 3.26. The van der Waals surface area contributed by atoms with Crippen LogP contribution < -0.4 is 16.4 Å². The Balaban J connectivity index is 3.43. The van der Waals surface area contributed by atoms with Crippen LogP contribution in [0.1, 0.15) is 51.3 Å². The highest BCUT2D eigenvalue weighted by atomic mass is 16.6. The molecule has 0 bridgehead atoms. The number of hydrogen-bond acceptors (Lipinski definition) is 8. The van der Waals surface area contributed by atoms with E-state index in [1.807, 2.05) is 6.92 Å². The molecule has 0 aliphatic heterocycles. The van der Waals surface area contributed by atoms with Gasteiger partial charge in [0.2, 0.25) is 17.7 Å². The van der Waals surface area contributed by atoms with Gasteiger partial charge in [-0.15, -0.1) is 0 Å². The summed E-state index contributed by atoms with van der Waals surface area (Å²) < 4.78 is 9.73. The van der Waals surface area contributed by atoms with Crippen LogP contribution in [0, 0.1) is 0 Å². The monoisotopic (exact) mass is 508 g/mol. The highest BCUT2D eigenvalue weighted by molar-refractivity contribution is 5.95. The van der Waals surface area contributed by atoms with Crippen LogP contribution in [0.15, 0.2) is 24.3 Å². The number of rotatable bonds is 12. The van der Waals surface area contributed by atoms with Gasteiger partial charge in [0.15, 0.2) is 0 Å². The first-order valence-corrected chi connectivity index (χ1v) is 11.4. The molecule has 0 saturated carbocycles. The van der Waals surface area contributed by atoms with Gasteiger partial charge in [0, 0.05) is 6.54 Å². The first-order valence-electron chi connectivity index (χ1n) is 11.4. The fraction of sp³-hybridized carbons (Fsp3) is 0.542. The Hall–Kier alpha value is -3.67. The molecule has 4 amide bonds. The molecule has 0 spiro atoms. The molecular weight excluding hydrogens is 472 g/mol. The number of benzene rings is 1. The minimum absolute atomic E-state index is 0.323. The molecule has 0 aromatic heterocycles. The van der Waals surface area contributed by atoms with E-state index in [4.69, 9.17) is 10.5 Å². The summed E-state index contributed by atoms with van der Waals surface area (Å²) in [6.07, 6.45) is -0.810. The number of ether oxygens (including phenoxy) is 2. The zero-order valence-electron chi connectivity index (χ0n) is 21.3. The Kier molecular flexibility index (Phi) is 11.8. The normalized spacial score (nSPS) is 12.6. The van der Waals surface area contributed by atoms with Gasteiger partial charge in [-0.1, -0.05) is 31.2 Å². The van der Waals surface area contributed by atoms with Crippen molar-refractivity contribution in [3.05, 3.63) is 35.4 Å². The van der Waals surface area contributed by atoms with Gasteiger partial charge >= 0.3 is 12.1 Å². The molecule has 0 saturated heterocycles. The predicted molar refractivity (Wildman–Crippen MR) is 129 cm³/mol. The van der Waals surface area contributed by atoms with Crippen molar-refractivity contribution in [3.8, 4) is 0 Å². The fourth-order valence-electron chi connectivity index (χ4n) is 3.26. The third kappa shape index (κ3) is 9.90. The molecular formula is C24H36N4O8. The van der Waals surface area contributed by atoms with Gasteiger partial charge < -0.3 is 35.8 Å². The third-order valence-electron chi connectivity index (χ3n) is 4.92. The molecule has 0 aliphatic rings. The zero-order valence-corrected chi connectivity index (χ0v) is 21.3. The number of aliphatic hydroxyl groups is 1. The Bertz CT molecular complexity index is 927. The number of carbonyl (C=O) groups excluding carboxylic acids is 5. The van der Waals surface area contributed by atoms with Crippen LogP contribution >= 0.6 is 0 Å². The second kappa shape index (κ2) is 14.0. The lowest BCUT2D eigenvalue weighted by Crippen LogP contribution is -2.54. The van der Waals surface area contributed by atoms with Gasteiger partial charge in [-0.2, -0.15) is 0 Å². The first kappa shape index (κ1) is 30.4. The number of carbonyl (C=O) groups is 5. The van der Waals surface area contributed by atoms with Crippen molar-refractivity contribution < 1.29 is 38.6 Å². The van der Waals surface area contributed by atoms with E-state index in [0.29, 0.717) is 5.56 Å². The number of primary amides is 1. The van der Waals surface area contributed by atoms with Crippen LogP contribution in [0.2, 0.25) is 0 Å². The Morgan fingerprint density at radius 1 is 1.11 bits per heavy atom. The SMILES string of the molecule is CCc1ccc(C(C(=O)NCC(=O)OC)N(CCO)C(=O)C(CC(N)=O)NC(=O)OC(C)(C)C)cc1. The number of nitrogens with zero attached hydrogens (tertiary/aromatic N) is 1. The van der Waals surface area contributed by atoms with E-state index in [-0.39, 0.29) is 6.54 Å². The molecule has 1 rings (SSSR count). The van der Waals surface area contributed by atoms with Crippen LogP contribution in [0.25, 0.3) is 0 Å². The average molecular weight is 509 g/mol. The van der Waals surface area contributed by atoms with Crippen molar-refractivity contribution in [2.24, 2.45) is 5.73 Å². The maximum absolute atomic E-state index is 13.6. The second-order valence-corrected chi connectivity index (χ2v) is 8.92. The van der Waals surface area contributed by atoms with Gasteiger partial charge in [0.05, 0.1) is 20.1 Å². The van der Waals surface area contributed by atoms with Crippen molar-refractivity contribution in [3.63, 3.8) is 0 Å². The van der Waals surface area contributed by atoms with Gasteiger partial charge in [0.25, 0.3) is 0 Å².